The molecule has 2 N–H and O–H groups in total. The molecule has 1 aliphatic heterocycles. The van der Waals surface area contributed by atoms with E-state index in [1.54, 1.807) is 27.2 Å². The van der Waals surface area contributed by atoms with Gasteiger partial charge in [0.25, 0.3) is 0 Å². The molecule has 0 radical (unpaired) electrons. The monoisotopic (exact) mass is 444 g/mol. The first kappa shape index (κ1) is 23.3. The largest absolute Gasteiger partial charge is 0.497 e. The lowest BCUT2D eigenvalue weighted by Gasteiger charge is -2.21. The second-order valence-corrected chi connectivity index (χ2v) is 7.52. The van der Waals surface area contributed by atoms with Crippen molar-refractivity contribution in [2.75, 3.05) is 45.9 Å². The number of ether oxygens (including phenoxy) is 3. The van der Waals surface area contributed by atoms with Gasteiger partial charge in [0.05, 0.1) is 21.3 Å². The number of carbonyl (C=O) groups excluding carboxylic acids is 1. The van der Waals surface area contributed by atoms with Crippen molar-refractivity contribution < 1.29 is 23.4 Å². The van der Waals surface area contributed by atoms with Crippen LogP contribution in [-0.4, -0.2) is 58.9 Å². The quantitative estimate of drug-likeness (QED) is 0.364. The van der Waals surface area contributed by atoms with Crippen molar-refractivity contribution in [3.63, 3.8) is 0 Å². The number of anilines is 1. The molecule has 2 aromatic rings. The molecule has 174 valence electrons. The van der Waals surface area contributed by atoms with Crippen molar-refractivity contribution in [1.29, 1.82) is 0 Å². The van der Waals surface area contributed by atoms with Crippen LogP contribution in [0.3, 0.4) is 0 Å². The van der Waals surface area contributed by atoms with E-state index in [1.807, 2.05) is 25.1 Å². The first-order valence-electron chi connectivity index (χ1n) is 10.7. The maximum Gasteiger partial charge on any atom is 0.341 e. The lowest BCUT2D eigenvalue weighted by Crippen LogP contribution is -2.44. The zero-order valence-corrected chi connectivity index (χ0v) is 19.4. The molecule has 1 aromatic carbocycles. The summed E-state index contributed by atoms with van der Waals surface area (Å²) < 4.78 is 21.2. The first-order chi connectivity index (χ1) is 15.5. The van der Waals surface area contributed by atoms with Crippen LogP contribution in [0, 0.1) is 6.92 Å². The molecule has 1 aliphatic rings. The Kier molecular flexibility index (Phi) is 7.86. The van der Waals surface area contributed by atoms with Crippen LogP contribution in [-0.2, 0) is 11.3 Å². The lowest BCUT2D eigenvalue weighted by atomic mass is 10.2. The summed E-state index contributed by atoms with van der Waals surface area (Å²) in [6.45, 7) is 6.55. The fraction of sp³-hybridized carbons (Fsp3) is 0.478. The number of guanidine groups is 1. The second-order valence-electron chi connectivity index (χ2n) is 7.52. The van der Waals surface area contributed by atoms with Crippen LogP contribution < -0.4 is 25.0 Å². The SMILES string of the molecule is CCNC(=NCc1cc(C(=O)OC)c(C)o1)NC1CCN(c2cc(OC)cc(OC)c2)C1. The van der Waals surface area contributed by atoms with Gasteiger partial charge in [0.1, 0.15) is 35.1 Å². The van der Waals surface area contributed by atoms with Crippen LogP contribution in [0.15, 0.2) is 33.7 Å². The Balaban J connectivity index is 1.65. The molecule has 3 rings (SSSR count). The van der Waals surface area contributed by atoms with E-state index in [0.29, 0.717) is 29.6 Å². The van der Waals surface area contributed by atoms with Crippen LogP contribution in [0.2, 0.25) is 0 Å². The van der Waals surface area contributed by atoms with Gasteiger partial charge in [-0.15, -0.1) is 0 Å². The predicted molar refractivity (Wildman–Crippen MR) is 123 cm³/mol. The Bertz CT molecular complexity index is 934. The third-order valence-electron chi connectivity index (χ3n) is 5.34. The molecule has 1 saturated heterocycles. The number of nitrogens with zero attached hydrogens (tertiary/aromatic N) is 2. The number of methoxy groups -OCH3 is 3. The summed E-state index contributed by atoms with van der Waals surface area (Å²) >= 11 is 0. The summed E-state index contributed by atoms with van der Waals surface area (Å²) in [7, 11) is 4.66. The van der Waals surface area contributed by atoms with E-state index in [0.717, 1.165) is 43.2 Å². The molecular weight excluding hydrogens is 412 g/mol. The van der Waals surface area contributed by atoms with Gasteiger partial charge in [-0.1, -0.05) is 0 Å². The Labute approximate surface area is 188 Å². The highest BCUT2D eigenvalue weighted by atomic mass is 16.5. The number of carbonyl (C=O) groups is 1. The van der Waals surface area contributed by atoms with Gasteiger partial charge < -0.3 is 34.2 Å². The Hall–Kier alpha value is -3.36. The van der Waals surface area contributed by atoms with Gasteiger partial charge in [-0.05, 0) is 26.3 Å². The molecule has 1 atom stereocenters. The van der Waals surface area contributed by atoms with Crippen LogP contribution in [0.5, 0.6) is 11.5 Å². The predicted octanol–water partition coefficient (Wildman–Crippen LogP) is 2.73. The second kappa shape index (κ2) is 10.8. The van der Waals surface area contributed by atoms with Gasteiger partial charge in [-0.25, -0.2) is 9.79 Å². The molecule has 1 fully saturated rings. The molecule has 32 heavy (non-hydrogen) atoms. The van der Waals surface area contributed by atoms with Gasteiger partial charge in [0, 0.05) is 49.6 Å². The average molecular weight is 445 g/mol. The Morgan fingerprint density at radius 3 is 2.53 bits per heavy atom. The smallest absolute Gasteiger partial charge is 0.341 e. The third kappa shape index (κ3) is 5.66. The number of aliphatic imine (C=N–C) groups is 1. The zero-order chi connectivity index (χ0) is 23.1. The molecule has 0 spiro atoms. The molecule has 9 nitrogen and oxygen atoms in total. The van der Waals surface area contributed by atoms with E-state index in [-0.39, 0.29) is 6.04 Å². The summed E-state index contributed by atoms with van der Waals surface area (Å²) in [5.41, 5.74) is 1.49. The molecule has 0 bridgehead atoms. The van der Waals surface area contributed by atoms with Crippen LogP contribution in [0.25, 0.3) is 0 Å². The van der Waals surface area contributed by atoms with E-state index in [2.05, 4.69) is 20.5 Å². The van der Waals surface area contributed by atoms with Crippen molar-refractivity contribution in [3.05, 3.63) is 41.3 Å². The third-order valence-corrected chi connectivity index (χ3v) is 5.34. The summed E-state index contributed by atoms with van der Waals surface area (Å²) in [6.07, 6.45) is 0.969. The molecular formula is C23H32N4O5. The average Bonchev–Trinajstić information content (AvgIpc) is 3.43. The fourth-order valence-corrected chi connectivity index (χ4v) is 3.69. The summed E-state index contributed by atoms with van der Waals surface area (Å²) in [4.78, 5) is 18.7. The highest BCUT2D eigenvalue weighted by Gasteiger charge is 2.24. The number of furan rings is 1. The number of benzene rings is 1. The van der Waals surface area contributed by atoms with E-state index < -0.39 is 5.97 Å². The van der Waals surface area contributed by atoms with Crippen molar-refractivity contribution in [3.8, 4) is 11.5 Å². The molecule has 9 heteroatoms. The first-order valence-corrected chi connectivity index (χ1v) is 10.7. The van der Waals surface area contributed by atoms with E-state index >= 15 is 0 Å². The zero-order valence-electron chi connectivity index (χ0n) is 19.4. The van der Waals surface area contributed by atoms with Gasteiger partial charge in [-0.3, -0.25) is 0 Å². The number of hydrogen-bond acceptors (Lipinski definition) is 7. The van der Waals surface area contributed by atoms with E-state index in [4.69, 9.17) is 18.6 Å². The normalized spacial score (nSPS) is 16.1. The topological polar surface area (TPSA) is 97.6 Å². The Morgan fingerprint density at radius 1 is 1.19 bits per heavy atom. The van der Waals surface area contributed by atoms with Gasteiger partial charge >= 0.3 is 5.97 Å². The molecule has 2 heterocycles. The van der Waals surface area contributed by atoms with Crippen LogP contribution in [0.1, 0.15) is 35.2 Å². The van der Waals surface area contributed by atoms with Gasteiger partial charge in [0.15, 0.2) is 5.96 Å². The molecule has 1 aromatic heterocycles. The maximum absolute atomic E-state index is 11.8. The highest BCUT2D eigenvalue weighted by Crippen LogP contribution is 2.30. The number of aryl methyl sites for hydroxylation is 1. The van der Waals surface area contributed by atoms with Crippen molar-refractivity contribution >= 4 is 17.6 Å². The number of esters is 1. The van der Waals surface area contributed by atoms with Crippen LogP contribution in [0.4, 0.5) is 5.69 Å². The van der Waals surface area contributed by atoms with Gasteiger partial charge in [0.2, 0.25) is 0 Å². The molecule has 1 unspecified atom stereocenters. The number of hydrogen-bond donors (Lipinski definition) is 2. The minimum Gasteiger partial charge on any atom is -0.497 e. The fourth-order valence-electron chi connectivity index (χ4n) is 3.69. The standard InChI is InChI=1S/C23H32N4O5/c1-6-24-23(25-13-20-12-21(15(2)32-20)22(28)31-5)26-16-7-8-27(14-16)17-9-18(29-3)11-19(10-17)30-4/h9-12,16H,6-8,13-14H2,1-5H3,(H2,24,25,26). The van der Waals surface area contributed by atoms with Gasteiger partial charge in [-0.2, -0.15) is 0 Å². The van der Waals surface area contributed by atoms with Crippen molar-refractivity contribution in [1.82, 2.24) is 10.6 Å². The molecule has 0 amide bonds. The number of rotatable bonds is 8. The minimum atomic E-state index is -0.410. The van der Waals surface area contributed by atoms with Crippen molar-refractivity contribution in [2.24, 2.45) is 4.99 Å². The van der Waals surface area contributed by atoms with Crippen LogP contribution >= 0.6 is 0 Å². The molecule has 0 aliphatic carbocycles. The van der Waals surface area contributed by atoms with E-state index in [1.165, 1.54) is 7.11 Å². The summed E-state index contributed by atoms with van der Waals surface area (Å²) in [5.74, 6) is 2.97. The Morgan fingerprint density at radius 2 is 1.91 bits per heavy atom. The lowest BCUT2D eigenvalue weighted by molar-refractivity contribution is 0.0599. The summed E-state index contributed by atoms with van der Waals surface area (Å²) in [5, 5.41) is 6.77. The minimum absolute atomic E-state index is 0.231. The number of nitrogens with one attached hydrogen (secondary N) is 2. The van der Waals surface area contributed by atoms with Crippen molar-refractivity contribution in [2.45, 2.75) is 32.9 Å². The highest BCUT2D eigenvalue weighted by molar-refractivity contribution is 5.90. The summed E-state index contributed by atoms with van der Waals surface area (Å²) in [6, 6.07) is 7.81. The van der Waals surface area contributed by atoms with E-state index in [9.17, 15) is 4.79 Å². The molecule has 0 saturated carbocycles. The maximum atomic E-state index is 11.8.